The second-order valence-corrected chi connectivity index (χ2v) is 12.8. The van der Waals surface area contributed by atoms with Crippen LogP contribution in [0.25, 0.3) is 44.5 Å². The number of fused-ring (bicyclic) bond motifs is 3. The molecule has 45 heavy (non-hydrogen) atoms. The summed E-state index contributed by atoms with van der Waals surface area (Å²) in [5.41, 5.74) is 6.97. The molecule has 0 radical (unpaired) electrons. The smallest absolute Gasteiger partial charge is 0.234 e. The minimum atomic E-state index is -0.156. The fourth-order valence-corrected chi connectivity index (χ4v) is 6.37. The largest absolute Gasteiger partial charge is 0.338 e. The van der Waals surface area contributed by atoms with Crippen molar-refractivity contribution in [2.24, 2.45) is 0 Å². The van der Waals surface area contributed by atoms with Gasteiger partial charge in [0.2, 0.25) is 11.8 Å². The van der Waals surface area contributed by atoms with Gasteiger partial charge in [-0.1, -0.05) is 46.7 Å². The molecule has 14 heteroatoms. The fraction of sp³-hybridized carbons (Fsp3) is 0.0645. The number of halogens is 2. The third-order valence-electron chi connectivity index (χ3n) is 6.73. The first-order chi connectivity index (χ1) is 21.8. The van der Waals surface area contributed by atoms with Crippen LogP contribution in [-0.2, 0) is 9.59 Å². The summed E-state index contributed by atoms with van der Waals surface area (Å²) in [6, 6.07) is 23.8. The molecule has 3 aromatic heterocycles. The summed E-state index contributed by atoms with van der Waals surface area (Å²) < 4.78 is 0. The number of nitrogens with one attached hydrogen (secondary N) is 5. The second kappa shape index (κ2) is 12.5. The van der Waals surface area contributed by atoms with Gasteiger partial charge in [0.1, 0.15) is 5.82 Å². The number of benzene rings is 4. The van der Waals surface area contributed by atoms with E-state index < -0.39 is 0 Å². The van der Waals surface area contributed by atoms with Crippen molar-refractivity contribution in [1.82, 2.24) is 29.9 Å². The Hall–Kier alpha value is -4.49. The number of anilines is 2. The van der Waals surface area contributed by atoms with Crippen LogP contribution in [0.5, 0.6) is 0 Å². The van der Waals surface area contributed by atoms with Crippen molar-refractivity contribution in [1.29, 1.82) is 0 Å². The maximum atomic E-state index is 12.6. The van der Waals surface area contributed by atoms with Crippen LogP contribution in [0.1, 0.15) is 0 Å². The van der Waals surface area contributed by atoms with Crippen LogP contribution in [0.15, 0.2) is 89.2 Å². The lowest BCUT2D eigenvalue weighted by molar-refractivity contribution is -0.114. The Morgan fingerprint density at radius 2 is 1.09 bits per heavy atom. The highest BCUT2D eigenvalue weighted by atomic mass is 35.5. The maximum Gasteiger partial charge on any atom is 0.234 e. The first-order valence-corrected chi connectivity index (χ1v) is 16.3. The van der Waals surface area contributed by atoms with Crippen molar-refractivity contribution < 1.29 is 9.59 Å². The van der Waals surface area contributed by atoms with Crippen molar-refractivity contribution in [3.63, 3.8) is 0 Å². The highest BCUT2D eigenvalue weighted by Crippen LogP contribution is 2.26. The van der Waals surface area contributed by atoms with Gasteiger partial charge >= 0.3 is 0 Å². The molecule has 0 spiro atoms. The molecule has 7 aromatic rings. The zero-order chi connectivity index (χ0) is 30.9. The number of imidazole rings is 3. The molecule has 0 aliphatic rings. The van der Waals surface area contributed by atoms with E-state index in [4.69, 9.17) is 23.2 Å². The molecule has 3 heterocycles. The average molecular weight is 674 g/mol. The lowest BCUT2D eigenvalue weighted by atomic mass is 10.2. The summed E-state index contributed by atoms with van der Waals surface area (Å²) in [6.45, 7) is 0. The van der Waals surface area contributed by atoms with Crippen molar-refractivity contribution in [2.75, 3.05) is 22.1 Å². The number of aromatic amines is 3. The number of nitrogens with zero attached hydrogens (tertiary/aromatic N) is 3. The second-order valence-electron chi connectivity index (χ2n) is 9.98. The number of carbonyl (C=O) groups is 2. The number of hydrogen-bond acceptors (Lipinski definition) is 7. The molecule has 2 amide bonds. The van der Waals surface area contributed by atoms with Gasteiger partial charge in [0.05, 0.1) is 44.6 Å². The van der Waals surface area contributed by atoms with Gasteiger partial charge in [0, 0.05) is 27.0 Å². The molecule has 0 bridgehead atoms. The molecule has 0 fully saturated rings. The van der Waals surface area contributed by atoms with Crippen LogP contribution in [-0.4, -0.2) is 53.2 Å². The molecule has 10 nitrogen and oxygen atoms in total. The molecule has 0 saturated heterocycles. The van der Waals surface area contributed by atoms with E-state index >= 15 is 0 Å². The molecule has 0 aliphatic carbocycles. The minimum Gasteiger partial charge on any atom is -0.338 e. The van der Waals surface area contributed by atoms with Gasteiger partial charge in [-0.25, -0.2) is 15.0 Å². The van der Waals surface area contributed by atoms with E-state index in [1.807, 2.05) is 54.6 Å². The van der Waals surface area contributed by atoms with Crippen LogP contribution in [0.3, 0.4) is 0 Å². The van der Waals surface area contributed by atoms with E-state index in [-0.39, 0.29) is 23.3 Å². The van der Waals surface area contributed by atoms with Crippen LogP contribution in [0.4, 0.5) is 11.4 Å². The number of rotatable bonds is 9. The Kier molecular flexibility index (Phi) is 8.11. The topological polar surface area (TPSA) is 144 Å². The van der Waals surface area contributed by atoms with Crippen molar-refractivity contribution in [2.45, 2.75) is 10.3 Å². The maximum absolute atomic E-state index is 12.6. The van der Waals surface area contributed by atoms with Gasteiger partial charge in [-0.3, -0.25) is 9.59 Å². The van der Waals surface area contributed by atoms with Gasteiger partial charge in [0.15, 0.2) is 10.3 Å². The first-order valence-electron chi connectivity index (χ1n) is 13.6. The summed E-state index contributed by atoms with van der Waals surface area (Å²) in [6.07, 6.45) is 0. The average Bonchev–Trinajstić information content (AvgIpc) is 3.75. The highest BCUT2D eigenvalue weighted by molar-refractivity contribution is 8.00. The molecular formula is C31H22Cl2N8O2S2. The van der Waals surface area contributed by atoms with Crippen LogP contribution in [0, 0.1) is 0 Å². The van der Waals surface area contributed by atoms with Crippen LogP contribution in [0.2, 0.25) is 10.0 Å². The molecule has 224 valence electrons. The Balaban J connectivity index is 0.937. The third kappa shape index (κ3) is 6.79. The molecule has 5 N–H and O–H groups in total. The zero-order valence-electron chi connectivity index (χ0n) is 23.2. The molecule has 4 aromatic carbocycles. The number of thioether (sulfide) groups is 2. The van der Waals surface area contributed by atoms with E-state index in [0.29, 0.717) is 37.6 Å². The Bertz CT molecular complexity index is 2210. The van der Waals surface area contributed by atoms with Gasteiger partial charge in [-0.05, 0) is 78.9 Å². The molecule has 0 unspecified atom stereocenters. The number of carbonyl (C=O) groups excluding carboxylic acids is 2. The highest BCUT2D eigenvalue weighted by Gasteiger charge is 2.12. The van der Waals surface area contributed by atoms with E-state index in [2.05, 4.69) is 40.5 Å². The van der Waals surface area contributed by atoms with Gasteiger partial charge in [0.25, 0.3) is 0 Å². The van der Waals surface area contributed by atoms with Crippen molar-refractivity contribution >= 4 is 103 Å². The number of H-pyrrole nitrogens is 3. The summed E-state index contributed by atoms with van der Waals surface area (Å²) >= 11 is 14.7. The lowest BCUT2D eigenvalue weighted by Crippen LogP contribution is -2.14. The van der Waals surface area contributed by atoms with Gasteiger partial charge in [-0.15, -0.1) is 0 Å². The van der Waals surface area contributed by atoms with E-state index in [9.17, 15) is 9.59 Å². The molecular weight excluding hydrogens is 651 g/mol. The summed E-state index contributed by atoms with van der Waals surface area (Å²) in [7, 11) is 0. The first kappa shape index (κ1) is 29.2. The van der Waals surface area contributed by atoms with E-state index in [0.717, 1.165) is 38.7 Å². The monoisotopic (exact) mass is 672 g/mol. The molecule has 0 saturated carbocycles. The summed E-state index contributed by atoms with van der Waals surface area (Å²) in [5, 5.41) is 8.38. The minimum absolute atomic E-state index is 0.148. The van der Waals surface area contributed by atoms with E-state index in [1.165, 1.54) is 23.5 Å². The Morgan fingerprint density at radius 1 is 0.600 bits per heavy atom. The molecule has 0 aliphatic heterocycles. The number of amides is 2. The Labute approximate surface area is 274 Å². The van der Waals surface area contributed by atoms with Crippen LogP contribution < -0.4 is 10.6 Å². The molecule has 7 rings (SSSR count). The SMILES string of the molecule is O=C(CSc1nc2ccc(Cl)cc2[nH]1)Nc1ccc(-c2nc3ccc(NC(=O)CSc4nc5ccc(Cl)cc5[nH]4)cc3[nH]2)cc1. The number of aromatic nitrogens is 6. The Morgan fingerprint density at radius 3 is 1.69 bits per heavy atom. The fourth-order valence-electron chi connectivity index (χ4n) is 4.65. The van der Waals surface area contributed by atoms with Crippen molar-refractivity contribution in [3.05, 3.63) is 88.9 Å². The predicted octanol–water partition coefficient (Wildman–Crippen LogP) is 7.75. The van der Waals surface area contributed by atoms with Crippen molar-refractivity contribution in [3.8, 4) is 11.4 Å². The lowest BCUT2D eigenvalue weighted by Gasteiger charge is -2.05. The summed E-state index contributed by atoms with van der Waals surface area (Å²) in [5.74, 6) is 0.761. The quantitative estimate of drug-likeness (QED) is 0.0986. The summed E-state index contributed by atoms with van der Waals surface area (Å²) in [4.78, 5) is 48.5. The van der Waals surface area contributed by atoms with Gasteiger partial charge in [-0.2, -0.15) is 0 Å². The normalized spacial score (nSPS) is 11.4. The third-order valence-corrected chi connectivity index (χ3v) is 8.95. The van der Waals surface area contributed by atoms with Gasteiger partial charge < -0.3 is 25.6 Å². The number of hydrogen-bond donors (Lipinski definition) is 5. The zero-order valence-corrected chi connectivity index (χ0v) is 26.3. The van der Waals surface area contributed by atoms with Crippen LogP contribution >= 0.6 is 46.7 Å². The molecule has 0 atom stereocenters. The standard InChI is InChI=1S/C31H22Cl2N8O2S2/c32-17-3-8-22-24(11-17)40-30(38-22)44-14-27(42)34-19-5-1-16(2-6-19)29-36-21-10-7-20(13-26(21)37-29)35-28(43)15-45-31-39-23-9-4-18(33)12-25(23)41-31/h1-13H,14-15H2,(H,34,42)(H,35,43)(H,36,37)(H,38,40)(H,39,41). The predicted molar refractivity (Wildman–Crippen MR) is 182 cm³/mol. The van der Waals surface area contributed by atoms with E-state index in [1.54, 1.807) is 24.3 Å².